The molecule has 0 rings (SSSR count). The third-order valence-corrected chi connectivity index (χ3v) is 0. The molecule has 5 nitrogen and oxygen atoms in total. The summed E-state index contributed by atoms with van der Waals surface area (Å²) < 4.78 is 0. The third-order valence-electron chi connectivity index (χ3n) is 0. The maximum atomic E-state index is 8.33. The van der Waals surface area contributed by atoms with Gasteiger partial charge in [-0.25, -0.2) is 0 Å². The maximum absolute atomic E-state index is 8.33. The number of carboxylic acid groups (broad SMARTS) is 2. The molecule has 0 aromatic carbocycles. The van der Waals surface area contributed by atoms with Crippen LogP contribution in [0.2, 0.25) is 0 Å². The smallest absolute Gasteiger partial charge is 0.870 e. The largest absolute Gasteiger partial charge is 3.00 e. The van der Waals surface area contributed by atoms with E-state index in [1.807, 2.05) is 0 Å². The molecule has 0 heterocycles. The second-order valence-corrected chi connectivity index (χ2v) is 0.250. The molecule has 7 heavy (non-hydrogen) atoms. The number of hydrogen-bond acceptors (Lipinski definition) is 4. The Morgan fingerprint density at radius 1 is 1.29 bits per heavy atom. The molecule has 0 saturated heterocycles. The molecular formula is CH3CuO5. The molecule has 0 fully saturated rings. The van der Waals surface area contributed by atoms with Crippen molar-refractivity contribution in [2.75, 3.05) is 0 Å². The van der Waals surface area contributed by atoms with Gasteiger partial charge in [0.2, 0.25) is 0 Å². The minimum Gasteiger partial charge on any atom is -0.870 e. The van der Waals surface area contributed by atoms with E-state index in [-0.39, 0.29) is 28.0 Å². The van der Waals surface area contributed by atoms with Crippen LogP contribution in [0, 0.1) is 0 Å². The van der Waals surface area contributed by atoms with Crippen LogP contribution in [0.1, 0.15) is 0 Å². The third kappa shape index (κ3) is 931. The van der Waals surface area contributed by atoms with Gasteiger partial charge in [0.1, 0.15) is 0 Å². The van der Waals surface area contributed by atoms with E-state index in [9.17, 15) is 0 Å². The molecule has 48 valence electrons. The molecule has 0 amide bonds. The molecule has 0 aliphatic rings. The summed E-state index contributed by atoms with van der Waals surface area (Å²) in [4.78, 5) is 8.33. The van der Waals surface area contributed by atoms with Crippen molar-refractivity contribution in [2.24, 2.45) is 0 Å². The summed E-state index contributed by atoms with van der Waals surface area (Å²) in [5.41, 5.74) is 0. The Kier molecular flexibility index (Phi) is 73.4. The van der Waals surface area contributed by atoms with Crippen molar-refractivity contribution in [2.45, 2.75) is 0 Å². The zero-order valence-electron chi connectivity index (χ0n) is 2.97. The zero-order chi connectivity index (χ0) is 3.58. The SMILES string of the molecule is O.O=C([O-])[O-].[Cu+3].[OH-]. The molecule has 6 heteroatoms. The van der Waals surface area contributed by atoms with Crippen LogP contribution in [0.3, 0.4) is 0 Å². The van der Waals surface area contributed by atoms with Gasteiger partial charge in [-0.2, -0.15) is 0 Å². The average Bonchev–Trinajstić information content (AvgIpc) is 0.811. The van der Waals surface area contributed by atoms with Gasteiger partial charge >= 0.3 is 17.1 Å². The molecule has 0 spiro atoms. The summed E-state index contributed by atoms with van der Waals surface area (Å²) in [7, 11) is 0. The van der Waals surface area contributed by atoms with E-state index in [1.54, 1.807) is 0 Å². The van der Waals surface area contributed by atoms with Crippen molar-refractivity contribution in [3.8, 4) is 0 Å². The molecule has 3 N–H and O–H groups in total. The molecule has 0 unspecified atom stereocenters. The van der Waals surface area contributed by atoms with Gasteiger partial charge in [-0.3, -0.25) is 0 Å². The van der Waals surface area contributed by atoms with Crippen LogP contribution < -0.4 is 10.2 Å². The van der Waals surface area contributed by atoms with Crippen LogP contribution in [0.15, 0.2) is 0 Å². The first kappa shape index (κ1) is 29.8. The van der Waals surface area contributed by atoms with Gasteiger partial charge in [-0.05, 0) is 6.16 Å². The van der Waals surface area contributed by atoms with Crippen LogP contribution in [0.25, 0.3) is 0 Å². The van der Waals surface area contributed by atoms with Crippen molar-refractivity contribution in [3.63, 3.8) is 0 Å². The molecule has 0 aliphatic heterocycles. The van der Waals surface area contributed by atoms with Gasteiger partial charge < -0.3 is 26.0 Å². The first-order valence-electron chi connectivity index (χ1n) is 0.612. The van der Waals surface area contributed by atoms with Gasteiger partial charge in [0.15, 0.2) is 0 Å². The van der Waals surface area contributed by atoms with Gasteiger partial charge in [-0.1, -0.05) is 0 Å². The Morgan fingerprint density at radius 2 is 1.29 bits per heavy atom. The van der Waals surface area contributed by atoms with Crippen molar-refractivity contribution >= 4 is 6.16 Å². The van der Waals surface area contributed by atoms with Crippen LogP contribution >= 0.6 is 0 Å². The van der Waals surface area contributed by atoms with Crippen LogP contribution in [0.5, 0.6) is 0 Å². The second-order valence-electron chi connectivity index (χ2n) is 0.250. The fourth-order valence-electron chi connectivity index (χ4n) is 0. The molecule has 0 aliphatic carbocycles. The summed E-state index contributed by atoms with van der Waals surface area (Å²) in [6, 6.07) is 0. The van der Waals surface area contributed by atoms with Gasteiger partial charge in [-0.15, -0.1) is 0 Å². The van der Waals surface area contributed by atoms with E-state index in [2.05, 4.69) is 0 Å². The minimum absolute atomic E-state index is 0. The van der Waals surface area contributed by atoms with E-state index in [1.165, 1.54) is 0 Å². The fourth-order valence-corrected chi connectivity index (χ4v) is 0. The van der Waals surface area contributed by atoms with Crippen molar-refractivity contribution in [3.05, 3.63) is 0 Å². The van der Waals surface area contributed by atoms with E-state index in [4.69, 9.17) is 15.0 Å². The van der Waals surface area contributed by atoms with Crippen molar-refractivity contribution in [1.82, 2.24) is 0 Å². The van der Waals surface area contributed by atoms with Gasteiger partial charge in [0.25, 0.3) is 0 Å². The summed E-state index contributed by atoms with van der Waals surface area (Å²) in [6.07, 6.45) is -2.33. The quantitative estimate of drug-likeness (QED) is 0.340. The van der Waals surface area contributed by atoms with E-state index < -0.39 is 6.16 Å². The van der Waals surface area contributed by atoms with E-state index in [0.717, 1.165) is 0 Å². The monoisotopic (exact) mass is 158 g/mol. The predicted molar refractivity (Wildman–Crippen MR) is 10.9 cm³/mol. The fraction of sp³-hybridized carbons (Fsp3) is 0. The van der Waals surface area contributed by atoms with Gasteiger partial charge in [0, 0.05) is 0 Å². The zero-order valence-corrected chi connectivity index (χ0v) is 3.92. The summed E-state index contributed by atoms with van der Waals surface area (Å²) in [5, 5.41) is 16.7. The molecule has 0 saturated carbocycles. The van der Waals surface area contributed by atoms with E-state index in [0.29, 0.717) is 0 Å². The minimum atomic E-state index is -2.33. The standard InChI is InChI=1S/CH2O3.Cu.2H2O/c2-1(3)4;;;/h(H2,2,3,4);;2*1H2/q;+3;;/p-3. The molecule has 0 radical (unpaired) electrons. The first-order chi connectivity index (χ1) is 1.73. The normalized spacial score (nSPS) is 3.43. The average molecular weight is 159 g/mol. The molecule has 0 atom stereocenters. The molecule has 0 aromatic rings. The van der Waals surface area contributed by atoms with Crippen LogP contribution in [-0.4, -0.2) is 17.1 Å². The number of rotatable bonds is 0. The number of carbonyl (C=O) groups excluding carboxylic acids is 1. The topological polar surface area (TPSA) is 125 Å². The van der Waals surface area contributed by atoms with Crippen LogP contribution in [0.4, 0.5) is 4.79 Å². The molecule has 0 aromatic heterocycles. The summed E-state index contributed by atoms with van der Waals surface area (Å²) >= 11 is 0. The first-order valence-corrected chi connectivity index (χ1v) is 0.612. The van der Waals surface area contributed by atoms with E-state index >= 15 is 0 Å². The van der Waals surface area contributed by atoms with Crippen LogP contribution in [-0.2, 0) is 17.1 Å². The Bertz CT molecular complexity index is 31.1. The maximum Gasteiger partial charge on any atom is 3.00 e. The number of hydrogen-bond donors (Lipinski definition) is 0. The Balaban J connectivity index is -0.0000000150. The van der Waals surface area contributed by atoms with Gasteiger partial charge in [0.05, 0.1) is 0 Å². The van der Waals surface area contributed by atoms with Crippen molar-refractivity contribution in [1.29, 1.82) is 0 Å². The Hall–Kier alpha value is -0.291. The Morgan fingerprint density at radius 3 is 1.29 bits per heavy atom. The Labute approximate surface area is 50.0 Å². The summed E-state index contributed by atoms with van der Waals surface area (Å²) in [6.45, 7) is 0. The van der Waals surface area contributed by atoms with Crippen molar-refractivity contribution < 1.29 is 43.0 Å². The predicted octanol–water partition coefficient (Wildman–Crippen LogP) is -3.45. The second kappa shape index (κ2) is 17.2. The molecule has 0 bridgehead atoms. The molecular weight excluding hydrogens is 156 g/mol. The summed E-state index contributed by atoms with van der Waals surface area (Å²) in [5.74, 6) is 0. The number of carbonyl (C=O) groups is 1.